The van der Waals surface area contributed by atoms with Crippen LogP contribution in [0.25, 0.3) is 0 Å². The van der Waals surface area contributed by atoms with E-state index in [2.05, 4.69) is 10.1 Å². The van der Waals surface area contributed by atoms with Gasteiger partial charge in [0.1, 0.15) is 5.75 Å². The number of carbonyl (C=O) groups is 1. The highest BCUT2D eigenvalue weighted by Gasteiger charge is 2.25. The van der Waals surface area contributed by atoms with Crippen molar-refractivity contribution in [2.24, 2.45) is 0 Å². The van der Waals surface area contributed by atoms with Gasteiger partial charge in [0.25, 0.3) is 0 Å². The summed E-state index contributed by atoms with van der Waals surface area (Å²) in [7, 11) is 1.67. The molecule has 0 spiro atoms. The van der Waals surface area contributed by atoms with Crippen molar-refractivity contribution >= 4 is 6.03 Å². The molecule has 0 radical (unpaired) electrons. The normalized spacial score (nSPS) is 12.8. The van der Waals surface area contributed by atoms with E-state index in [1.165, 1.54) is 17.0 Å². The zero-order valence-corrected chi connectivity index (χ0v) is 16.6. The number of rotatable bonds is 7. The molecule has 156 valence electrons. The molecule has 2 aromatic rings. The number of urea groups is 1. The molecule has 1 heterocycles. The Kier molecular flexibility index (Phi) is 6.10. The third kappa shape index (κ3) is 5.28. The predicted octanol–water partition coefficient (Wildman–Crippen LogP) is 4.14. The molecule has 8 heteroatoms. The summed E-state index contributed by atoms with van der Waals surface area (Å²) in [5.74, 6) is 1.51. The maximum atomic E-state index is 12.5. The number of nitrogens with zero attached hydrogens (tertiary/aromatic N) is 1. The van der Waals surface area contributed by atoms with E-state index in [-0.39, 0.29) is 24.0 Å². The molecule has 29 heavy (non-hydrogen) atoms. The molecule has 2 amide bonds. The first kappa shape index (κ1) is 20.7. The summed E-state index contributed by atoms with van der Waals surface area (Å²) in [6.07, 6.45) is 0. The smallest absolute Gasteiger partial charge is 0.387 e. The first-order valence-electron chi connectivity index (χ1n) is 9.17. The maximum Gasteiger partial charge on any atom is 0.387 e. The van der Waals surface area contributed by atoms with Crippen molar-refractivity contribution < 1.29 is 27.8 Å². The Balaban J connectivity index is 1.54. The Morgan fingerprint density at radius 1 is 1.17 bits per heavy atom. The van der Waals surface area contributed by atoms with Gasteiger partial charge < -0.3 is 24.4 Å². The van der Waals surface area contributed by atoms with Gasteiger partial charge in [-0.05, 0) is 35.4 Å². The molecule has 0 atom stereocenters. The number of nitrogens with one attached hydrogen (secondary N) is 1. The van der Waals surface area contributed by atoms with Crippen molar-refractivity contribution in [3.63, 3.8) is 0 Å². The van der Waals surface area contributed by atoms with Gasteiger partial charge in [-0.1, -0.05) is 32.0 Å². The molecule has 0 bridgehead atoms. The Morgan fingerprint density at radius 3 is 2.55 bits per heavy atom. The lowest BCUT2D eigenvalue weighted by Crippen LogP contribution is -2.42. The molecule has 2 aromatic carbocycles. The number of ether oxygens (including phenoxy) is 3. The number of benzene rings is 2. The van der Waals surface area contributed by atoms with Crippen LogP contribution in [0.3, 0.4) is 0 Å². The molecular formula is C21H24F2N2O4. The highest BCUT2D eigenvalue weighted by Crippen LogP contribution is 2.36. The molecule has 0 saturated carbocycles. The second-order valence-corrected chi connectivity index (χ2v) is 7.49. The molecular weight excluding hydrogens is 382 g/mol. The van der Waals surface area contributed by atoms with E-state index in [1.807, 2.05) is 32.0 Å². The summed E-state index contributed by atoms with van der Waals surface area (Å²) in [5, 5.41) is 2.94. The first-order valence-corrected chi connectivity index (χ1v) is 9.17. The second kappa shape index (κ2) is 8.55. The van der Waals surface area contributed by atoms with Crippen LogP contribution in [0.2, 0.25) is 0 Å². The van der Waals surface area contributed by atoms with Gasteiger partial charge in [0.05, 0.1) is 0 Å². The molecule has 0 unspecified atom stereocenters. The number of halogens is 2. The van der Waals surface area contributed by atoms with Crippen LogP contribution < -0.4 is 19.5 Å². The minimum atomic E-state index is -2.86. The third-order valence-corrected chi connectivity index (χ3v) is 4.75. The Hall–Kier alpha value is -3.03. The molecule has 0 fully saturated rings. The van der Waals surface area contributed by atoms with Gasteiger partial charge in [-0.3, -0.25) is 0 Å². The minimum absolute atomic E-state index is 0.0846. The fraction of sp³-hybridized carbons (Fsp3) is 0.381. The Labute approximate surface area is 168 Å². The van der Waals surface area contributed by atoms with E-state index in [9.17, 15) is 13.6 Å². The molecule has 1 aliphatic heterocycles. The summed E-state index contributed by atoms with van der Waals surface area (Å²) in [5.41, 5.74) is 1.52. The van der Waals surface area contributed by atoms with Crippen LogP contribution in [0.1, 0.15) is 25.0 Å². The van der Waals surface area contributed by atoms with E-state index in [0.29, 0.717) is 18.8 Å². The number of fused-ring (bicyclic) bond motifs is 1. The molecule has 6 nitrogen and oxygen atoms in total. The predicted molar refractivity (Wildman–Crippen MR) is 104 cm³/mol. The first-order chi connectivity index (χ1) is 13.7. The van der Waals surface area contributed by atoms with Crippen LogP contribution in [-0.4, -0.2) is 37.9 Å². The van der Waals surface area contributed by atoms with E-state index < -0.39 is 6.61 Å². The molecule has 3 rings (SSSR count). The van der Waals surface area contributed by atoms with Crippen LogP contribution in [0.4, 0.5) is 13.6 Å². The summed E-state index contributed by atoms with van der Waals surface area (Å²) in [4.78, 5) is 14.0. The molecule has 1 N–H and O–H groups in total. The van der Waals surface area contributed by atoms with Crippen molar-refractivity contribution in [3.8, 4) is 17.2 Å². The van der Waals surface area contributed by atoms with E-state index >= 15 is 0 Å². The summed E-state index contributed by atoms with van der Waals surface area (Å²) in [6.45, 7) is 2.19. The minimum Gasteiger partial charge on any atom is -0.454 e. The highest BCUT2D eigenvalue weighted by molar-refractivity contribution is 5.74. The number of alkyl halides is 2. The largest absolute Gasteiger partial charge is 0.454 e. The number of carbonyl (C=O) groups excluding carboxylic acids is 1. The van der Waals surface area contributed by atoms with E-state index in [1.54, 1.807) is 19.2 Å². The van der Waals surface area contributed by atoms with Crippen molar-refractivity contribution in [3.05, 3.63) is 53.6 Å². The lowest BCUT2D eigenvalue weighted by molar-refractivity contribution is -0.0498. The molecule has 1 aliphatic rings. The maximum absolute atomic E-state index is 12.5. The van der Waals surface area contributed by atoms with Gasteiger partial charge in [-0.15, -0.1) is 0 Å². The van der Waals surface area contributed by atoms with Crippen molar-refractivity contribution in [2.45, 2.75) is 32.4 Å². The van der Waals surface area contributed by atoms with Crippen LogP contribution >= 0.6 is 0 Å². The average Bonchev–Trinajstić information content (AvgIpc) is 3.15. The fourth-order valence-corrected chi connectivity index (χ4v) is 2.97. The number of hydrogen-bond acceptors (Lipinski definition) is 4. The summed E-state index contributed by atoms with van der Waals surface area (Å²) >= 11 is 0. The van der Waals surface area contributed by atoms with Crippen LogP contribution in [0, 0.1) is 0 Å². The van der Waals surface area contributed by atoms with Gasteiger partial charge >= 0.3 is 12.6 Å². The van der Waals surface area contributed by atoms with Crippen molar-refractivity contribution in [1.82, 2.24) is 10.2 Å². The van der Waals surface area contributed by atoms with Gasteiger partial charge in [0.2, 0.25) is 6.79 Å². The zero-order valence-electron chi connectivity index (χ0n) is 16.6. The Bertz CT molecular complexity index is 856. The quantitative estimate of drug-likeness (QED) is 0.751. The van der Waals surface area contributed by atoms with Crippen LogP contribution in [0.5, 0.6) is 17.2 Å². The lowest BCUT2D eigenvalue weighted by atomic mass is 9.84. The van der Waals surface area contributed by atoms with Gasteiger partial charge in [0, 0.05) is 25.6 Å². The highest BCUT2D eigenvalue weighted by atomic mass is 19.3. The van der Waals surface area contributed by atoms with Crippen LogP contribution in [0.15, 0.2) is 42.5 Å². The summed E-state index contributed by atoms with van der Waals surface area (Å²) in [6, 6.07) is 11.7. The lowest BCUT2D eigenvalue weighted by Gasteiger charge is -2.27. The standard InChI is InChI=1S/C21H24F2N2O4/c1-21(2,15-6-9-17-18(10-15)28-13-27-17)12-24-20(26)25(3)11-14-4-7-16(8-5-14)29-19(22)23/h4-10,19H,11-13H2,1-3H3,(H,24,26). The van der Waals surface area contributed by atoms with E-state index in [0.717, 1.165) is 16.9 Å². The third-order valence-electron chi connectivity index (χ3n) is 4.75. The number of hydrogen-bond donors (Lipinski definition) is 1. The van der Waals surface area contributed by atoms with Gasteiger partial charge in [0.15, 0.2) is 11.5 Å². The second-order valence-electron chi connectivity index (χ2n) is 7.49. The van der Waals surface area contributed by atoms with Crippen molar-refractivity contribution in [1.29, 1.82) is 0 Å². The number of amides is 2. The molecule has 0 aromatic heterocycles. The van der Waals surface area contributed by atoms with Gasteiger partial charge in [-0.25, -0.2) is 4.79 Å². The van der Waals surface area contributed by atoms with Gasteiger partial charge in [-0.2, -0.15) is 8.78 Å². The Morgan fingerprint density at radius 2 is 1.86 bits per heavy atom. The van der Waals surface area contributed by atoms with Crippen molar-refractivity contribution in [2.75, 3.05) is 20.4 Å². The molecule has 0 aliphatic carbocycles. The topological polar surface area (TPSA) is 60.0 Å². The average molecular weight is 406 g/mol. The zero-order chi connectivity index (χ0) is 21.0. The monoisotopic (exact) mass is 406 g/mol. The fourth-order valence-electron chi connectivity index (χ4n) is 2.97. The molecule has 0 saturated heterocycles. The SMILES string of the molecule is CN(Cc1ccc(OC(F)F)cc1)C(=O)NCC(C)(C)c1ccc2c(c1)OCO2. The summed E-state index contributed by atoms with van der Waals surface area (Å²) < 4.78 is 39.5. The van der Waals surface area contributed by atoms with Crippen LogP contribution in [-0.2, 0) is 12.0 Å². The van der Waals surface area contributed by atoms with E-state index in [4.69, 9.17) is 9.47 Å².